The van der Waals surface area contributed by atoms with Crippen LogP contribution in [0.3, 0.4) is 0 Å². The maximum absolute atomic E-state index is 14.0. The van der Waals surface area contributed by atoms with Crippen LogP contribution in [0.1, 0.15) is 37.0 Å². The minimum absolute atomic E-state index is 0.0993. The monoisotopic (exact) mass is 596 g/mol. The van der Waals surface area contributed by atoms with E-state index in [4.69, 9.17) is 30.5 Å². The molecule has 220 valence electrons. The maximum Gasteiger partial charge on any atom is 0.331 e. The van der Waals surface area contributed by atoms with E-state index in [0.29, 0.717) is 41.4 Å². The Morgan fingerprint density at radius 3 is 2.45 bits per heavy atom. The molecule has 1 aliphatic heterocycles. The van der Waals surface area contributed by atoms with E-state index >= 15 is 0 Å². The number of nitrogens with one attached hydrogen (secondary N) is 1. The summed E-state index contributed by atoms with van der Waals surface area (Å²) in [6.45, 7) is 4.52. The predicted molar refractivity (Wildman–Crippen MR) is 154 cm³/mol. The van der Waals surface area contributed by atoms with Gasteiger partial charge in [0, 0.05) is 5.56 Å². The van der Waals surface area contributed by atoms with Gasteiger partial charge in [0.25, 0.3) is 11.8 Å². The third-order valence-corrected chi connectivity index (χ3v) is 6.47. The second-order valence-electron chi connectivity index (χ2n) is 9.19. The summed E-state index contributed by atoms with van der Waals surface area (Å²) in [5.41, 5.74) is 0.993. The summed E-state index contributed by atoms with van der Waals surface area (Å²) in [6, 6.07) is 13.4. The number of benzene rings is 3. The molecule has 3 aromatic carbocycles. The van der Waals surface area contributed by atoms with E-state index in [1.807, 2.05) is 13.8 Å². The number of urea groups is 1. The van der Waals surface area contributed by atoms with Crippen molar-refractivity contribution in [1.82, 2.24) is 10.2 Å². The molecule has 4 amide bonds. The molecule has 0 spiro atoms. The standard InChI is InChI=1S/C31H30ClFN2O7/c1-4-12-41-25-11-10-19(15-26(25)40-5-2)17-35-30(37)22(29(36)34-31(35)38)13-20-14-23(32)28(27(16-20)39-3)42-18-21-8-6-7-9-24(21)33/h6-11,13-16H,4-5,12,17-18H2,1-3H3,(H,34,36,38)/b22-13+. The smallest absolute Gasteiger partial charge is 0.331 e. The van der Waals surface area contributed by atoms with Crippen LogP contribution in [0.2, 0.25) is 5.02 Å². The molecule has 0 atom stereocenters. The van der Waals surface area contributed by atoms with Crippen molar-refractivity contribution in [3.63, 3.8) is 0 Å². The van der Waals surface area contributed by atoms with Crippen LogP contribution >= 0.6 is 11.6 Å². The van der Waals surface area contributed by atoms with E-state index in [1.54, 1.807) is 36.4 Å². The number of hydrogen-bond acceptors (Lipinski definition) is 7. The van der Waals surface area contributed by atoms with E-state index in [0.717, 1.165) is 11.3 Å². The molecule has 0 aliphatic carbocycles. The molecule has 4 rings (SSSR count). The number of hydrogen-bond donors (Lipinski definition) is 1. The molecule has 1 heterocycles. The Morgan fingerprint density at radius 1 is 0.952 bits per heavy atom. The average molecular weight is 597 g/mol. The van der Waals surface area contributed by atoms with Crippen LogP contribution in [0.4, 0.5) is 9.18 Å². The Labute approximate surface area is 247 Å². The van der Waals surface area contributed by atoms with E-state index in [-0.39, 0.29) is 35.2 Å². The zero-order valence-electron chi connectivity index (χ0n) is 23.4. The molecule has 1 aliphatic rings. The molecule has 11 heteroatoms. The summed E-state index contributed by atoms with van der Waals surface area (Å²) in [5, 5.41) is 2.32. The van der Waals surface area contributed by atoms with E-state index in [9.17, 15) is 18.8 Å². The zero-order chi connectivity index (χ0) is 30.2. The Morgan fingerprint density at radius 2 is 1.74 bits per heavy atom. The molecule has 0 radical (unpaired) electrons. The summed E-state index contributed by atoms with van der Waals surface area (Å²) in [4.78, 5) is 39.6. The van der Waals surface area contributed by atoms with Crippen molar-refractivity contribution in [1.29, 1.82) is 0 Å². The average Bonchev–Trinajstić information content (AvgIpc) is 2.97. The second kappa shape index (κ2) is 13.9. The Balaban J connectivity index is 1.58. The molecule has 1 saturated heterocycles. The van der Waals surface area contributed by atoms with Crippen LogP contribution in [0.25, 0.3) is 6.08 Å². The van der Waals surface area contributed by atoms with Crippen LogP contribution in [0.5, 0.6) is 23.0 Å². The van der Waals surface area contributed by atoms with Crippen molar-refractivity contribution in [3.05, 3.63) is 87.7 Å². The highest BCUT2D eigenvalue weighted by Crippen LogP contribution is 2.38. The summed E-state index contributed by atoms with van der Waals surface area (Å²) < 4.78 is 36.6. The van der Waals surface area contributed by atoms with Crippen molar-refractivity contribution >= 4 is 35.5 Å². The predicted octanol–water partition coefficient (Wildman–Crippen LogP) is 5.92. The Bertz CT molecular complexity index is 1530. The molecule has 0 unspecified atom stereocenters. The fraction of sp³-hybridized carbons (Fsp3) is 0.258. The van der Waals surface area contributed by atoms with Gasteiger partial charge in [0.2, 0.25) is 0 Å². The van der Waals surface area contributed by atoms with E-state index in [1.165, 1.54) is 31.4 Å². The van der Waals surface area contributed by atoms with Gasteiger partial charge in [0.05, 0.1) is 31.9 Å². The first-order valence-corrected chi connectivity index (χ1v) is 13.6. The minimum Gasteiger partial charge on any atom is -0.493 e. The van der Waals surface area contributed by atoms with Gasteiger partial charge in [-0.15, -0.1) is 0 Å². The highest BCUT2D eigenvalue weighted by atomic mass is 35.5. The number of barbiturate groups is 1. The van der Waals surface area contributed by atoms with Crippen molar-refractivity contribution < 1.29 is 37.7 Å². The van der Waals surface area contributed by atoms with Crippen LogP contribution in [0, 0.1) is 5.82 Å². The SMILES string of the molecule is CCCOc1ccc(CN2C(=O)NC(=O)/C(=C\c3cc(Cl)c(OCc4ccccc4F)c(OC)c3)C2=O)cc1OCC. The van der Waals surface area contributed by atoms with Crippen LogP contribution < -0.4 is 24.3 Å². The van der Waals surface area contributed by atoms with Gasteiger partial charge in [-0.05, 0) is 60.9 Å². The van der Waals surface area contributed by atoms with E-state index in [2.05, 4.69) is 5.32 Å². The molecule has 1 fully saturated rings. The zero-order valence-corrected chi connectivity index (χ0v) is 24.1. The molecular weight excluding hydrogens is 567 g/mol. The largest absolute Gasteiger partial charge is 0.493 e. The van der Waals surface area contributed by atoms with Crippen molar-refractivity contribution in [2.24, 2.45) is 0 Å². The number of carbonyl (C=O) groups excluding carboxylic acids is 3. The van der Waals surface area contributed by atoms with Gasteiger partial charge in [-0.2, -0.15) is 0 Å². The van der Waals surface area contributed by atoms with Gasteiger partial charge >= 0.3 is 6.03 Å². The Hall–Kier alpha value is -4.57. The van der Waals surface area contributed by atoms with Crippen molar-refractivity contribution in [2.45, 2.75) is 33.4 Å². The number of nitrogens with zero attached hydrogens (tertiary/aromatic N) is 1. The number of halogens is 2. The van der Waals surface area contributed by atoms with Crippen LogP contribution in [-0.2, 0) is 22.7 Å². The molecular formula is C31H30ClFN2O7. The number of amides is 4. The quantitative estimate of drug-likeness (QED) is 0.205. The van der Waals surface area contributed by atoms with Gasteiger partial charge in [-0.1, -0.05) is 42.8 Å². The van der Waals surface area contributed by atoms with Gasteiger partial charge in [0.15, 0.2) is 23.0 Å². The summed E-state index contributed by atoms with van der Waals surface area (Å²) in [6.07, 6.45) is 2.12. The molecule has 3 aromatic rings. The summed E-state index contributed by atoms with van der Waals surface area (Å²) >= 11 is 6.45. The normalized spacial score (nSPS) is 14.2. The lowest BCUT2D eigenvalue weighted by Gasteiger charge is -2.26. The van der Waals surface area contributed by atoms with Crippen molar-refractivity contribution in [2.75, 3.05) is 20.3 Å². The topological polar surface area (TPSA) is 103 Å². The molecule has 1 N–H and O–H groups in total. The number of rotatable bonds is 12. The molecule has 0 aromatic heterocycles. The first-order valence-electron chi connectivity index (χ1n) is 13.3. The molecule has 9 nitrogen and oxygen atoms in total. The maximum atomic E-state index is 14.0. The number of ether oxygens (including phenoxy) is 4. The van der Waals surface area contributed by atoms with Crippen LogP contribution in [0.15, 0.2) is 60.2 Å². The lowest BCUT2D eigenvalue weighted by molar-refractivity contribution is -0.130. The first kappa shape index (κ1) is 30.4. The number of imide groups is 2. The number of carbonyl (C=O) groups is 3. The summed E-state index contributed by atoms with van der Waals surface area (Å²) in [5.74, 6) is -0.658. The minimum atomic E-state index is -0.852. The fourth-order valence-electron chi connectivity index (χ4n) is 4.17. The molecule has 42 heavy (non-hydrogen) atoms. The number of methoxy groups -OCH3 is 1. The first-order chi connectivity index (χ1) is 20.2. The van der Waals surface area contributed by atoms with Gasteiger partial charge in [-0.25, -0.2) is 9.18 Å². The third kappa shape index (κ3) is 7.01. The lowest BCUT2D eigenvalue weighted by atomic mass is 10.1. The summed E-state index contributed by atoms with van der Waals surface area (Å²) in [7, 11) is 1.40. The highest BCUT2D eigenvalue weighted by molar-refractivity contribution is 6.33. The van der Waals surface area contributed by atoms with Gasteiger partial charge in [-0.3, -0.25) is 19.8 Å². The Kier molecular flexibility index (Phi) is 10.0. The van der Waals surface area contributed by atoms with Gasteiger partial charge < -0.3 is 18.9 Å². The molecule has 0 saturated carbocycles. The third-order valence-electron chi connectivity index (χ3n) is 6.19. The van der Waals surface area contributed by atoms with E-state index < -0.39 is 23.7 Å². The van der Waals surface area contributed by atoms with Gasteiger partial charge in [0.1, 0.15) is 18.0 Å². The fourth-order valence-corrected chi connectivity index (χ4v) is 4.44. The van der Waals surface area contributed by atoms with Crippen LogP contribution in [-0.4, -0.2) is 43.1 Å². The molecule has 0 bridgehead atoms. The second-order valence-corrected chi connectivity index (χ2v) is 9.59. The highest BCUT2D eigenvalue weighted by Gasteiger charge is 2.36. The van der Waals surface area contributed by atoms with Crippen molar-refractivity contribution in [3.8, 4) is 23.0 Å². The lowest BCUT2D eigenvalue weighted by Crippen LogP contribution is -2.53.